The number of carbonyl (C=O) groups is 1. The average molecular weight is 351 g/mol. The van der Waals surface area contributed by atoms with Gasteiger partial charge in [-0.15, -0.1) is 0 Å². The van der Waals surface area contributed by atoms with E-state index in [1.165, 1.54) is 0 Å². The third kappa shape index (κ3) is 3.83. The molecule has 134 valence electrons. The molecule has 1 amide bonds. The lowest BCUT2D eigenvalue weighted by Crippen LogP contribution is -2.32. The Morgan fingerprint density at radius 2 is 2.19 bits per heavy atom. The molecule has 4 N–H and O–H groups in total. The van der Waals surface area contributed by atoms with Crippen LogP contribution in [0.5, 0.6) is 5.75 Å². The van der Waals surface area contributed by atoms with Crippen LogP contribution in [0.3, 0.4) is 0 Å². The Morgan fingerprint density at radius 1 is 1.38 bits per heavy atom. The summed E-state index contributed by atoms with van der Waals surface area (Å²) >= 11 is 0. The zero-order valence-corrected chi connectivity index (χ0v) is 14.7. The van der Waals surface area contributed by atoms with E-state index in [1.54, 1.807) is 19.5 Å². The number of aromatic amines is 1. The first-order valence-corrected chi connectivity index (χ1v) is 8.28. The minimum atomic E-state index is -0.231. The Morgan fingerprint density at radius 3 is 2.96 bits per heavy atom. The summed E-state index contributed by atoms with van der Waals surface area (Å²) in [7, 11) is 1.57. The number of para-hydroxylation sites is 2. The summed E-state index contributed by atoms with van der Waals surface area (Å²) in [6.07, 6.45) is 7.70. The van der Waals surface area contributed by atoms with E-state index in [1.807, 2.05) is 43.3 Å². The van der Waals surface area contributed by atoms with Gasteiger partial charge in [0.05, 0.1) is 30.0 Å². The number of H-pyrrole nitrogens is 1. The number of rotatable bonds is 6. The summed E-state index contributed by atoms with van der Waals surface area (Å²) < 4.78 is 5.29. The van der Waals surface area contributed by atoms with Crippen molar-refractivity contribution in [1.29, 1.82) is 0 Å². The molecule has 0 radical (unpaired) electrons. The number of benzene rings is 1. The van der Waals surface area contributed by atoms with Crippen LogP contribution < -0.4 is 15.8 Å². The van der Waals surface area contributed by atoms with E-state index < -0.39 is 0 Å². The van der Waals surface area contributed by atoms with Crippen LogP contribution in [0.1, 0.15) is 29.5 Å². The molecule has 1 atom stereocenters. The topological polar surface area (TPSA) is 106 Å². The SMILES string of the molecule is COc1c(N)cncc1/C=C/C[C@H](C)NC(=O)c1nc2ccccc2[nH]1. The number of nitrogens with two attached hydrogens (primary N) is 1. The number of nitrogen functional groups attached to an aromatic ring is 1. The van der Waals surface area contributed by atoms with E-state index in [-0.39, 0.29) is 11.9 Å². The molecule has 2 aromatic heterocycles. The molecule has 0 saturated heterocycles. The molecule has 26 heavy (non-hydrogen) atoms. The van der Waals surface area contributed by atoms with Gasteiger partial charge in [0.15, 0.2) is 11.6 Å². The first kappa shape index (κ1) is 17.5. The molecule has 0 aliphatic rings. The lowest BCUT2D eigenvalue weighted by atomic mass is 10.1. The predicted octanol–water partition coefficient (Wildman–Crippen LogP) is 2.77. The van der Waals surface area contributed by atoms with Crippen molar-refractivity contribution in [3.05, 3.63) is 54.1 Å². The highest BCUT2D eigenvalue weighted by atomic mass is 16.5. The number of nitrogens with zero attached hydrogens (tertiary/aromatic N) is 2. The number of pyridine rings is 1. The minimum absolute atomic E-state index is 0.0630. The standard InChI is InChI=1S/C19H21N5O2/c1-12(6-5-7-13-10-21-11-14(20)17(13)26-2)22-19(25)18-23-15-8-3-4-9-16(15)24-18/h3-5,7-12H,6,20H2,1-2H3,(H,22,25)(H,23,24)/b7-5+/t12-/m0/s1. The van der Waals surface area contributed by atoms with Gasteiger partial charge in [0.2, 0.25) is 0 Å². The van der Waals surface area contributed by atoms with Crippen LogP contribution in [0.15, 0.2) is 42.7 Å². The van der Waals surface area contributed by atoms with Gasteiger partial charge in [-0.25, -0.2) is 4.98 Å². The van der Waals surface area contributed by atoms with Gasteiger partial charge >= 0.3 is 0 Å². The first-order valence-electron chi connectivity index (χ1n) is 8.28. The fraction of sp³-hybridized carbons (Fsp3) is 0.211. The number of carbonyl (C=O) groups excluding carboxylic acids is 1. The Balaban J connectivity index is 1.61. The molecule has 7 nitrogen and oxygen atoms in total. The number of imidazole rings is 1. The average Bonchev–Trinajstić information content (AvgIpc) is 3.06. The van der Waals surface area contributed by atoms with Crippen LogP contribution in [-0.4, -0.2) is 34.0 Å². The van der Waals surface area contributed by atoms with Crippen LogP contribution in [0.25, 0.3) is 17.1 Å². The molecular weight excluding hydrogens is 330 g/mol. The van der Waals surface area contributed by atoms with Crippen LogP contribution >= 0.6 is 0 Å². The lowest BCUT2D eigenvalue weighted by molar-refractivity contribution is 0.0931. The van der Waals surface area contributed by atoms with Gasteiger partial charge in [-0.1, -0.05) is 24.3 Å². The van der Waals surface area contributed by atoms with Crippen LogP contribution in [0.4, 0.5) is 5.69 Å². The molecule has 0 bridgehead atoms. The highest BCUT2D eigenvalue weighted by molar-refractivity contribution is 5.94. The van der Waals surface area contributed by atoms with E-state index in [4.69, 9.17) is 10.5 Å². The van der Waals surface area contributed by atoms with E-state index in [0.29, 0.717) is 23.7 Å². The summed E-state index contributed by atoms with van der Waals surface area (Å²) in [5.74, 6) is 0.671. The molecule has 3 rings (SSSR count). The lowest BCUT2D eigenvalue weighted by Gasteiger charge is -2.11. The van der Waals surface area contributed by atoms with Gasteiger partial charge < -0.3 is 20.8 Å². The molecule has 0 aliphatic carbocycles. The Hall–Kier alpha value is -3.35. The van der Waals surface area contributed by atoms with Gasteiger partial charge in [0.1, 0.15) is 0 Å². The predicted molar refractivity (Wildman–Crippen MR) is 102 cm³/mol. The van der Waals surface area contributed by atoms with Crippen LogP contribution in [-0.2, 0) is 0 Å². The number of anilines is 1. The van der Waals surface area contributed by atoms with Crippen molar-refractivity contribution in [1.82, 2.24) is 20.3 Å². The summed E-state index contributed by atoms with van der Waals surface area (Å²) in [5.41, 5.74) is 8.73. The largest absolute Gasteiger partial charge is 0.494 e. The van der Waals surface area contributed by atoms with E-state index >= 15 is 0 Å². The maximum absolute atomic E-state index is 12.3. The number of amides is 1. The number of fused-ring (bicyclic) bond motifs is 1. The van der Waals surface area contributed by atoms with Crippen molar-refractivity contribution in [2.24, 2.45) is 0 Å². The van der Waals surface area contributed by atoms with Gasteiger partial charge in [-0.3, -0.25) is 9.78 Å². The Kier molecular flexibility index (Phi) is 5.17. The van der Waals surface area contributed by atoms with Crippen molar-refractivity contribution < 1.29 is 9.53 Å². The smallest absolute Gasteiger partial charge is 0.287 e. The fourth-order valence-electron chi connectivity index (χ4n) is 2.65. The number of ether oxygens (including phenoxy) is 1. The van der Waals surface area contributed by atoms with Crippen LogP contribution in [0, 0.1) is 0 Å². The van der Waals surface area contributed by atoms with Crippen LogP contribution in [0.2, 0.25) is 0 Å². The van der Waals surface area contributed by atoms with E-state index in [0.717, 1.165) is 16.6 Å². The Bertz CT molecular complexity index is 915. The minimum Gasteiger partial charge on any atom is -0.494 e. The highest BCUT2D eigenvalue weighted by Gasteiger charge is 2.13. The normalized spacial score (nSPS) is 12.4. The molecular formula is C19H21N5O2. The second-order valence-corrected chi connectivity index (χ2v) is 5.97. The zero-order valence-electron chi connectivity index (χ0n) is 14.7. The van der Waals surface area contributed by atoms with Gasteiger partial charge in [-0.2, -0.15) is 0 Å². The monoisotopic (exact) mass is 351 g/mol. The highest BCUT2D eigenvalue weighted by Crippen LogP contribution is 2.25. The molecule has 0 fully saturated rings. The van der Waals surface area contributed by atoms with Gasteiger partial charge in [0.25, 0.3) is 5.91 Å². The van der Waals surface area contributed by atoms with Gasteiger partial charge in [0, 0.05) is 17.8 Å². The van der Waals surface area contributed by atoms with Crippen molar-refractivity contribution in [3.63, 3.8) is 0 Å². The fourth-order valence-corrected chi connectivity index (χ4v) is 2.65. The van der Waals surface area contributed by atoms with Crippen molar-refractivity contribution in [3.8, 4) is 5.75 Å². The number of aromatic nitrogens is 3. The molecule has 0 saturated carbocycles. The van der Waals surface area contributed by atoms with E-state index in [2.05, 4.69) is 20.3 Å². The molecule has 3 aromatic rings. The molecule has 1 aromatic carbocycles. The summed E-state index contributed by atoms with van der Waals surface area (Å²) in [6, 6.07) is 7.47. The number of hydrogen-bond acceptors (Lipinski definition) is 5. The van der Waals surface area contributed by atoms with Gasteiger partial charge in [-0.05, 0) is 25.5 Å². The third-order valence-corrected chi connectivity index (χ3v) is 3.92. The van der Waals surface area contributed by atoms with Crippen molar-refractivity contribution in [2.75, 3.05) is 12.8 Å². The molecule has 2 heterocycles. The molecule has 0 unspecified atom stereocenters. The van der Waals surface area contributed by atoms with Crippen molar-refractivity contribution in [2.45, 2.75) is 19.4 Å². The maximum atomic E-state index is 12.3. The maximum Gasteiger partial charge on any atom is 0.287 e. The summed E-state index contributed by atoms with van der Waals surface area (Å²) in [6.45, 7) is 1.93. The second-order valence-electron chi connectivity index (χ2n) is 5.97. The zero-order chi connectivity index (χ0) is 18.5. The number of hydrogen-bond donors (Lipinski definition) is 3. The molecule has 0 aliphatic heterocycles. The third-order valence-electron chi connectivity index (χ3n) is 3.92. The molecule has 0 spiro atoms. The second kappa shape index (κ2) is 7.69. The van der Waals surface area contributed by atoms with E-state index in [9.17, 15) is 4.79 Å². The molecule has 7 heteroatoms. The van der Waals surface area contributed by atoms with Crippen molar-refractivity contribution >= 4 is 28.7 Å². The summed E-state index contributed by atoms with van der Waals surface area (Å²) in [5, 5.41) is 2.93. The number of methoxy groups -OCH3 is 1. The number of nitrogens with one attached hydrogen (secondary N) is 2. The first-order chi connectivity index (χ1) is 12.6. The summed E-state index contributed by atoms with van der Waals surface area (Å²) in [4.78, 5) is 23.7. The Labute approximate surface area is 151 Å². The quantitative estimate of drug-likeness (QED) is 0.633.